The lowest BCUT2D eigenvalue weighted by atomic mass is 9.76. The maximum Gasteiger partial charge on any atom is 0.242 e. The highest BCUT2D eigenvalue weighted by atomic mass is 79.9. The Morgan fingerprint density at radius 1 is 1.69 bits per heavy atom. The van der Waals surface area contributed by atoms with Crippen molar-refractivity contribution in [3.63, 3.8) is 0 Å². The molecule has 1 aromatic heterocycles. The normalized spacial score (nSPS) is 17.9. The molecule has 1 fully saturated rings. The molecule has 1 aliphatic rings. The first-order chi connectivity index (χ1) is 7.51. The number of nitrogens with two attached hydrogens (primary N) is 1. The summed E-state index contributed by atoms with van der Waals surface area (Å²) < 4.78 is 1.09. The molecule has 2 rings (SSSR count). The van der Waals surface area contributed by atoms with Crippen molar-refractivity contribution in [1.82, 2.24) is 4.90 Å². The zero-order valence-electron chi connectivity index (χ0n) is 9.20. The number of nitrogens with zero attached hydrogens (tertiary/aromatic N) is 1. The zero-order chi connectivity index (χ0) is 11.8. The van der Waals surface area contributed by atoms with Gasteiger partial charge in [-0.05, 0) is 52.2 Å². The van der Waals surface area contributed by atoms with E-state index in [2.05, 4.69) is 21.3 Å². The molecule has 0 atom stereocenters. The van der Waals surface area contributed by atoms with Crippen LogP contribution in [0.3, 0.4) is 0 Å². The van der Waals surface area contributed by atoms with Crippen LogP contribution in [0.1, 0.15) is 24.8 Å². The third kappa shape index (κ3) is 2.31. The van der Waals surface area contributed by atoms with Gasteiger partial charge in [-0.2, -0.15) is 0 Å². The van der Waals surface area contributed by atoms with E-state index in [1.807, 2.05) is 13.1 Å². The second kappa shape index (κ2) is 4.47. The molecule has 0 unspecified atom stereocenters. The number of carbonyl (C=O) groups excluding carboxylic acids is 1. The van der Waals surface area contributed by atoms with Crippen LogP contribution in [-0.4, -0.2) is 23.4 Å². The van der Waals surface area contributed by atoms with Gasteiger partial charge < -0.3 is 10.6 Å². The summed E-state index contributed by atoms with van der Waals surface area (Å²) in [5.41, 5.74) is 6.58. The van der Waals surface area contributed by atoms with Gasteiger partial charge in [-0.1, -0.05) is 0 Å². The predicted octanol–water partition coefficient (Wildman–Crippen LogP) is 2.35. The standard InChI is InChI=1S/C11H15BrN2OS/c1-14(6-8-5-9(12)16-7-8)10(15)11(13)3-2-4-11/h5,7H,2-4,6,13H2,1H3. The van der Waals surface area contributed by atoms with Crippen LogP contribution in [0.25, 0.3) is 0 Å². The average Bonchev–Trinajstić information content (AvgIpc) is 2.59. The van der Waals surface area contributed by atoms with Gasteiger partial charge in [0, 0.05) is 13.6 Å². The molecule has 1 saturated carbocycles. The fourth-order valence-corrected chi connectivity index (χ4v) is 3.13. The van der Waals surface area contributed by atoms with E-state index < -0.39 is 5.54 Å². The van der Waals surface area contributed by atoms with Crippen molar-refractivity contribution in [2.45, 2.75) is 31.3 Å². The SMILES string of the molecule is CN(Cc1csc(Br)c1)C(=O)C1(N)CCC1. The molecule has 88 valence electrons. The fraction of sp³-hybridized carbons (Fsp3) is 0.545. The van der Waals surface area contributed by atoms with Crippen LogP contribution in [0.2, 0.25) is 0 Å². The van der Waals surface area contributed by atoms with Crippen molar-refractivity contribution in [1.29, 1.82) is 0 Å². The molecule has 0 radical (unpaired) electrons. The van der Waals surface area contributed by atoms with Crippen LogP contribution >= 0.6 is 27.3 Å². The van der Waals surface area contributed by atoms with E-state index >= 15 is 0 Å². The summed E-state index contributed by atoms with van der Waals surface area (Å²) in [7, 11) is 1.82. The molecular formula is C11H15BrN2OS. The van der Waals surface area contributed by atoms with E-state index in [1.165, 1.54) is 0 Å². The Balaban J connectivity index is 1.97. The van der Waals surface area contributed by atoms with Crippen molar-refractivity contribution in [2.24, 2.45) is 5.73 Å². The van der Waals surface area contributed by atoms with E-state index in [9.17, 15) is 4.79 Å². The van der Waals surface area contributed by atoms with Crippen molar-refractivity contribution in [3.05, 3.63) is 20.8 Å². The lowest BCUT2D eigenvalue weighted by molar-refractivity contribution is -0.139. The third-order valence-corrected chi connectivity index (χ3v) is 4.61. The Hall–Kier alpha value is -0.390. The predicted molar refractivity (Wildman–Crippen MR) is 69.3 cm³/mol. The molecule has 0 spiro atoms. The summed E-state index contributed by atoms with van der Waals surface area (Å²) >= 11 is 5.05. The van der Waals surface area contributed by atoms with Gasteiger partial charge in [-0.3, -0.25) is 4.79 Å². The molecule has 16 heavy (non-hydrogen) atoms. The maximum absolute atomic E-state index is 12.1. The van der Waals surface area contributed by atoms with E-state index in [1.54, 1.807) is 16.2 Å². The number of rotatable bonds is 3. The summed E-state index contributed by atoms with van der Waals surface area (Å²) in [6.45, 7) is 0.639. The number of carbonyl (C=O) groups is 1. The van der Waals surface area contributed by atoms with Gasteiger partial charge in [0.05, 0.1) is 9.33 Å². The fourth-order valence-electron chi connectivity index (χ4n) is 1.93. The van der Waals surface area contributed by atoms with Crippen LogP contribution in [0.4, 0.5) is 0 Å². The molecule has 3 nitrogen and oxygen atoms in total. The third-order valence-electron chi connectivity index (χ3n) is 3.06. The molecular weight excluding hydrogens is 288 g/mol. The van der Waals surface area contributed by atoms with Gasteiger partial charge in [0.2, 0.25) is 5.91 Å². The second-order valence-corrected chi connectivity index (χ2v) is 6.72. The summed E-state index contributed by atoms with van der Waals surface area (Å²) in [5, 5.41) is 2.05. The molecule has 0 bridgehead atoms. The largest absolute Gasteiger partial charge is 0.340 e. The highest BCUT2D eigenvalue weighted by Crippen LogP contribution is 2.31. The minimum atomic E-state index is -0.581. The second-order valence-electron chi connectivity index (χ2n) is 4.43. The summed E-state index contributed by atoms with van der Waals surface area (Å²) in [5.74, 6) is 0.0704. The summed E-state index contributed by atoms with van der Waals surface area (Å²) in [6, 6.07) is 2.04. The van der Waals surface area contributed by atoms with Gasteiger partial charge in [0.15, 0.2) is 0 Å². The quantitative estimate of drug-likeness (QED) is 0.931. The highest BCUT2D eigenvalue weighted by Gasteiger charge is 2.41. The number of amides is 1. The molecule has 0 aromatic carbocycles. The maximum atomic E-state index is 12.1. The van der Waals surface area contributed by atoms with Crippen LogP contribution in [-0.2, 0) is 11.3 Å². The number of thiophene rings is 1. The smallest absolute Gasteiger partial charge is 0.242 e. The Kier molecular flexibility index (Phi) is 3.37. The van der Waals surface area contributed by atoms with Crippen molar-refractivity contribution >= 4 is 33.2 Å². The van der Waals surface area contributed by atoms with Crippen molar-refractivity contribution < 1.29 is 4.79 Å². The Bertz CT molecular complexity index is 400. The number of hydrogen-bond donors (Lipinski definition) is 1. The van der Waals surface area contributed by atoms with Crippen LogP contribution in [0.5, 0.6) is 0 Å². The summed E-state index contributed by atoms with van der Waals surface area (Å²) in [4.78, 5) is 13.8. The van der Waals surface area contributed by atoms with Crippen molar-refractivity contribution in [2.75, 3.05) is 7.05 Å². The summed E-state index contributed by atoms with van der Waals surface area (Å²) in [6.07, 6.45) is 2.72. The van der Waals surface area contributed by atoms with E-state index in [-0.39, 0.29) is 5.91 Å². The zero-order valence-corrected chi connectivity index (χ0v) is 11.6. The molecule has 1 heterocycles. The van der Waals surface area contributed by atoms with E-state index in [0.717, 1.165) is 28.6 Å². The average molecular weight is 303 g/mol. The van der Waals surface area contributed by atoms with Gasteiger partial charge in [-0.15, -0.1) is 11.3 Å². The highest BCUT2D eigenvalue weighted by molar-refractivity contribution is 9.11. The molecule has 1 aromatic rings. The molecule has 0 aliphatic heterocycles. The lowest BCUT2D eigenvalue weighted by Crippen LogP contribution is -2.58. The number of halogens is 1. The first kappa shape index (κ1) is 12.1. The van der Waals surface area contributed by atoms with Gasteiger partial charge in [0.25, 0.3) is 0 Å². The van der Waals surface area contributed by atoms with E-state index in [4.69, 9.17) is 5.73 Å². The van der Waals surface area contributed by atoms with Crippen molar-refractivity contribution in [3.8, 4) is 0 Å². The van der Waals surface area contributed by atoms with E-state index in [0.29, 0.717) is 6.54 Å². The topological polar surface area (TPSA) is 46.3 Å². The van der Waals surface area contributed by atoms with Crippen LogP contribution < -0.4 is 5.73 Å². The monoisotopic (exact) mass is 302 g/mol. The minimum absolute atomic E-state index is 0.0704. The van der Waals surface area contributed by atoms with Gasteiger partial charge in [-0.25, -0.2) is 0 Å². The Labute approximate surface area is 108 Å². The molecule has 0 saturated heterocycles. The lowest BCUT2D eigenvalue weighted by Gasteiger charge is -2.39. The molecule has 1 aliphatic carbocycles. The Morgan fingerprint density at radius 2 is 2.38 bits per heavy atom. The molecule has 5 heteroatoms. The number of likely N-dealkylation sites (N-methyl/N-ethyl adjacent to an activating group) is 1. The molecule has 1 amide bonds. The minimum Gasteiger partial charge on any atom is -0.340 e. The van der Waals surface area contributed by atoms with Crippen LogP contribution in [0.15, 0.2) is 15.2 Å². The van der Waals surface area contributed by atoms with Crippen LogP contribution in [0, 0.1) is 0 Å². The van der Waals surface area contributed by atoms with Gasteiger partial charge >= 0.3 is 0 Å². The molecule has 2 N–H and O–H groups in total. The van der Waals surface area contributed by atoms with Gasteiger partial charge in [0.1, 0.15) is 0 Å². The first-order valence-corrected chi connectivity index (χ1v) is 6.96. The first-order valence-electron chi connectivity index (χ1n) is 5.29. The Morgan fingerprint density at radius 3 is 2.81 bits per heavy atom. The number of hydrogen-bond acceptors (Lipinski definition) is 3.